The summed E-state index contributed by atoms with van der Waals surface area (Å²) >= 11 is 5.27. The third kappa shape index (κ3) is 2.78. The highest BCUT2D eigenvalue weighted by molar-refractivity contribution is 7.80. The van der Waals surface area contributed by atoms with Crippen LogP contribution in [-0.2, 0) is 0 Å². The molecule has 4 rings (SSSR count). The minimum absolute atomic E-state index is 0.488. The Morgan fingerprint density at radius 3 is 2.31 bits per heavy atom. The Morgan fingerprint density at radius 2 is 1.62 bits per heavy atom. The van der Waals surface area contributed by atoms with Gasteiger partial charge in [0.25, 0.3) is 0 Å². The van der Waals surface area contributed by atoms with Crippen molar-refractivity contribution in [2.24, 2.45) is 5.10 Å². The van der Waals surface area contributed by atoms with Gasteiger partial charge in [0.2, 0.25) is 5.55 Å². The highest BCUT2D eigenvalue weighted by atomic mass is 32.1. The van der Waals surface area contributed by atoms with Gasteiger partial charge < -0.3 is 14.2 Å². The van der Waals surface area contributed by atoms with Crippen LogP contribution in [0.25, 0.3) is 21.9 Å². The third-order valence-corrected chi connectivity index (χ3v) is 5.51. The largest absolute Gasteiger partial charge is 0.461 e. The number of furan rings is 1. The fraction of sp³-hybridized carbons (Fsp3) is 0.400. The summed E-state index contributed by atoms with van der Waals surface area (Å²) in [7, 11) is 0. The van der Waals surface area contributed by atoms with Gasteiger partial charge in [0, 0.05) is 27.9 Å². The lowest BCUT2D eigenvalue weighted by Crippen LogP contribution is -2.34. The van der Waals surface area contributed by atoms with Crippen LogP contribution in [0.4, 0.5) is 0 Å². The summed E-state index contributed by atoms with van der Waals surface area (Å²) < 4.78 is 12.1. The summed E-state index contributed by atoms with van der Waals surface area (Å²) in [5, 5.41) is 10.4. The second-order valence-electron chi connectivity index (χ2n) is 7.17. The van der Waals surface area contributed by atoms with E-state index in [0.29, 0.717) is 16.7 Å². The Balaban J connectivity index is 1.87. The molecule has 1 saturated carbocycles. The Morgan fingerprint density at radius 1 is 0.962 bits per heavy atom. The molecule has 136 valence electrons. The number of hydrogen-bond donors (Lipinski definition) is 2. The van der Waals surface area contributed by atoms with E-state index in [9.17, 15) is 0 Å². The minimum Gasteiger partial charge on any atom is -0.461 e. The molecule has 2 heterocycles. The molecule has 1 fully saturated rings. The Labute approximate surface area is 157 Å². The topological polar surface area (TPSA) is 62.7 Å². The van der Waals surface area contributed by atoms with Crippen LogP contribution in [-0.4, -0.2) is 11.2 Å². The van der Waals surface area contributed by atoms with Crippen molar-refractivity contribution in [3.8, 4) is 0 Å². The quantitative estimate of drug-likeness (QED) is 0.524. The molecule has 2 aromatic heterocycles. The SMILES string of the molecule is Cc1oc2c(C)c3o/c(=N/NC(=S)NC4CC4)c(C)c(C)c3cc2c1C. The molecule has 2 N–H and O–H groups in total. The van der Waals surface area contributed by atoms with Crippen LogP contribution < -0.4 is 16.3 Å². The van der Waals surface area contributed by atoms with Gasteiger partial charge in [-0.25, -0.2) is 0 Å². The van der Waals surface area contributed by atoms with Crippen molar-refractivity contribution in [1.82, 2.24) is 10.7 Å². The first kappa shape index (κ1) is 17.1. The van der Waals surface area contributed by atoms with Crippen LogP contribution in [0.15, 0.2) is 20.0 Å². The van der Waals surface area contributed by atoms with Gasteiger partial charge in [-0.2, -0.15) is 0 Å². The number of hydrogen-bond acceptors (Lipinski definition) is 4. The van der Waals surface area contributed by atoms with Crippen molar-refractivity contribution in [3.63, 3.8) is 0 Å². The standard InChI is InChI=1S/C20H23N3O2S/c1-9-10(2)19(22-23-20(26)21-14-6-7-14)25-18-12(4)17-16(8-15(9)18)11(3)13(5)24-17/h8,14H,6-7H2,1-5H3,(H2,21,23,26)/b22-19+. The van der Waals surface area contributed by atoms with E-state index in [0.717, 1.165) is 57.2 Å². The second kappa shape index (κ2) is 6.13. The van der Waals surface area contributed by atoms with Crippen LogP contribution in [0.2, 0.25) is 0 Å². The minimum atomic E-state index is 0.488. The molecule has 5 nitrogen and oxygen atoms in total. The first-order chi connectivity index (χ1) is 12.4. The molecule has 1 aromatic carbocycles. The smallest absolute Gasteiger partial charge is 0.239 e. The first-order valence-corrected chi connectivity index (χ1v) is 9.31. The van der Waals surface area contributed by atoms with Crippen LogP contribution in [0.5, 0.6) is 0 Å². The predicted molar refractivity (Wildman–Crippen MR) is 107 cm³/mol. The van der Waals surface area contributed by atoms with Crippen LogP contribution in [0, 0.1) is 34.6 Å². The summed E-state index contributed by atoms with van der Waals surface area (Å²) in [6.07, 6.45) is 2.33. The molecular formula is C20H23N3O2S. The summed E-state index contributed by atoms with van der Waals surface area (Å²) in [4.78, 5) is 0. The molecule has 0 radical (unpaired) electrons. The fourth-order valence-electron chi connectivity index (χ4n) is 3.21. The molecule has 0 atom stereocenters. The number of fused-ring (bicyclic) bond motifs is 2. The Hall–Kier alpha value is -2.34. The van der Waals surface area contributed by atoms with Gasteiger partial charge in [0.15, 0.2) is 5.11 Å². The van der Waals surface area contributed by atoms with E-state index in [2.05, 4.69) is 35.8 Å². The van der Waals surface area contributed by atoms with Crippen LogP contribution in [0.1, 0.15) is 40.9 Å². The number of benzene rings is 1. The number of nitrogens with zero attached hydrogens (tertiary/aromatic N) is 1. The van der Waals surface area contributed by atoms with Gasteiger partial charge in [0.1, 0.15) is 16.9 Å². The molecule has 26 heavy (non-hydrogen) atoms. The number of rotatable bonds is 2. The average molecular weight is 369 g/mol. The normalized spacial score (nSPS) is 15.0. The zero-order chi connectivity index (χ0) is 18.6. The Kier molecular flexibility index (Phi) is 4.03. The maximum absolute atomic E-state index is 6.16. The first-order valence-electron chi connectivity index (χ1n) is 8.90. The summed E-state index contributed by atoms with van der Waals surface area (Å²) in [6, 6.07) is 2.65. The van der Waals surface area contributed by atoms with E-state index in [1.54, 1.807) is 0 Å². The molecule has 0 saturated heterocycles. The fourth-order valence-corrected chi connectivity index (χ4v) is 3.42. The number of nitrogens with one attached hydrogen (secondary N) is 2. The van der Waals surface area contributed by atoms with Gasteiger partial charge in [-0.05, 0) is 76.9 Å². The molecule has 0 aliphatic heterocycles. The number of thiocarbonyl (C=S) groups is 1. The van der Waals surface area contributed by atoms with E-state index in [4.69, 9.17) is 21.1 Å². The van der Waals surface area contributed by atoms with Crippen molar-refractivity contribution in [2.45, 2.75) is 53.5 Å². The van der Waals surface area contributed by atoms with E-state index in [1.165, 1.54) is 5.56 Å². The Bertz CT molecular complexity index is 1120. The zero-order valence-electron chi connectivity index (χ0n) is 15.7. The molecule has 0 bridgehead atoms. The van der Waals surface area contributed by atoms with Crippen molar-refractivity contribution < 1.29 is 8.83 Å². The van der Waals surface area contributed by atoms with Gasteiger partial charge in [0.05, 0.1) is 0 Å². The predicted octanol–water partition coefficient (Wildman–Crippen LogP) is 4.16. The summed E-state index contributed by atoms with van der Waals surface area (Å²) in [5.74, 6) is 0.941. The second-order valence-corrected chi connectivity index (χ2v) is 7.57. The van der Waals surface area contributed by atoms with E-state index >= 15 is 0 Å². The van der Waals surface area contributed by atoms with Crippen molar-refractivity contribution in [2.75, 3.05) is 0 Å². The van der Waals surface area contributed by atoms with Gasteiger partial charge in [-0.1, -0.05) is 0 Å². The molecule has 0 unspecified atom stereocenters. The van der Waals surface area contributed by atoms with E-state index < -0.39 is 0 Å². The highest BCUT2D eigenvalue weighted by Crippen LogP contribution is 2.34. The zero-order valence-corrected chi connectivity index (χ0v) is 16.6. The van der Waals surface area contributed by atoms with Crippen molar-refractivity contribution in [1.29, 1.82) is 0 Å². The van der Waals surface area contributed by atoms with Crippen molar-refractivity contribution >= 4 is 39.3 Å². The van der Waals surface area contributed by atoms with Crippen molar-refractivity contribution in [3.05, 3.63) is 39.6 Å². The average Bonchev–Trinajstić information content (AvgIpc) is 3.37. The molecule has 0 spiro atoms. The maximum atomic E-state index is 6.16. The highest BCUT2D eigenvalue weighted by Gasteiger charge is 2.21. The molecular weight excluding hydrogens is 346 g/mol. The van der Waals surface area contributed by atoms with E-state index in [-0.39, 0.29) is 0 Å². The lowest BCUT2D eigenvalue weighted by atomic mass is 10.0. The molecule has 1 aliphatic rings. The molecule has 3 aromatic rings. The van der Waals surface area contributed by atoms with Gasteiger partial charge in [-0.15, -0.1) is 5.10 Å². The third-order valence-electron chi connectivity index (χ3n) is 5.30. The van der Waals surface area contributed by atoms with Gasteiger partial charge >= 0.3 is 0 Å². The van der Waals surface area contributed by atoms with Crippen LogP contribution in [0.3, 0.4) is 0 Å². The molecule has 6 heteroatoms. The lowest BCUT2D eigenvalue weighted by Gasteiger charge is -2.10. The molecule has 1 aliphatic carbocycles. The molecule has 0 amide bonds. The van der Waals surface area contributed by atoms with Gasteiger partial charge in [-0.3, -0.25) is 5.43 Å². The van der Waals surface area contributed by atoms with E-state index in [1.807, 2.05) is 20.8 Å². The number of aryl methyl sites for hydroxylation is 4. The lowest BCUT2D eigenvalue weighted by molar-refractivity contribution is 0.518. The van der Waals surface area contributed by atoms with Crippen LogP contribution >= 0.6 is 12.2 Å². The maximum Gasteiger partial charge on any atom is 0.239 e. The summed E-state index contributed by atoms with van der Waals surface area (Å²) in [5.41, 5.74) is 9.43. The summed E-state index contributed by atoms with van der Waals surface area (Å²) in [6.45, 7) is 10.2. The monoisotopic (exact) mass is 369 g/mol.